The molecule has 20 heavy (non-hydrogen) atoms. The second-order valence-corrected chi connectivity index (χ2v) is 5.07. The Morgan fingerprint density at radius 1 is 1.40 bits per heavy atom. The summed E-state index contributed by atoms with van der Waals surface area (Å²) >= 11 is 1.43. The summed E-state index contributed by atoms with van der Waals surface area (Å²) in [5, 5.41) is 0. The standard InChI is InChI=1S/C14H10N2O3S/c1-19-13(18)7-6-9-8-12(17)15-14-16(9)10-4-2-3-5-11(10)20-14/h2-8H,1H3. The fourth-order valence-corrected chi connectivity index (χ4v) is 3.00. The minimum atomic E-state index is -0.470. The van der Waals surface area contributed by atoms with Crippen LogP contribution in [0.25, 0.3) is 21.3 Å². The maximum absolute atomic E-state index is 11.6. The van der Waals surface area contributed by atoms with Gasteiger partial charge >= 0.3 is 5.97 Å². The molecule has 100 valence electrons. The molecule has 0 radical (unpaired) electrons. The molecule has 2 aromatic heterocycles. The zero-order chi connectivity index (χ0) is 14.1. The first-order valence-corrected chi connectivity index (χ1v) is 6.68. The van der Waals surface area contributed by atoms with Crippen molar-refractivity contribution in [3.8, 4) is 0 Å². The molecule has 1 aromatic carbocycles. The first-order valence-electron chi connectivity index (χ1n) is 5.86. The summed E-state index contributed by atoms with van der Waals surface area (Å²) < 4.78 is 7.43. The van der Waals surface area contributed by atoms with E-state index in [1.165, 1.54) is 30.6 Å². The topological polar surface area (TPSA) is 60.7 Å². The van der Waals surface area contributed by atoms with E-state index in [9.17, 15) is 9.59 Å². The van der Waals surface area contributed by atoms with Crippen molar-refractivity contribution in [2.75, 3.05) is 7.11 Å². The summed E-state index contributed by atoms with van der Waals surface area (Å²) in [5.41, 5.74) is 1.22. The van der Waals surface area contributed by atoms with Gasteiger partial charge in [-0.25, -0.2) is 4.79 Å². The molecule has 2 heterocycles. The minimum Gasteiger partial charge on any atom is -0.466 e. The van der Waals surface area contributed by atoms with Crippen LogP contribution in [0.5, 0.6) is 0 Å². The number of ether oxygens (including phenoxy) is 1. The first kappa shape index (κ1) is 12.6. The largest absolute Gasteiger partial charge is 0.466 e. The highest BCUT2D eigenvalue weighted by Gasteiger charge is 2.08. The number of esters is 1. The van der Waals surface area contributed by atoms with Gasteiger partial charge in [-0.3, -0.25) is 9.20 Å². The summed E-state index contributed by atoms with van der Waals surface area (Å²) in [4.78, 5) is 27.4. The van der Waals surface area contributed by atoms with Crippen LogP contribution < -0.4 is 5.56 Å². The zero-order valence-corrected chi connectivity index (χ0v) is 11.4. The molecule has 6 heteroatoms. The fraction of sp³-hybridized carbons (Fsp3) is 0.0714. The van der Waals surface area contributed by atoms with Gasteiger partial charge in [0.15, 0.2) is 4.96 Å². The van der Waals surface area contributed by atoms with Crippen molar-refractivity contribution < 1.29 is 9.53 Å². The maximum Gasteiger partial charge on any atom is 0.330 e. The molecule has 0 fully saturated rings. The third-order valence-electron chi connectivity index (χ3n) is 2.83. The molecule has 0 atom stereocenters. The van der Waals surface area contributed by atoms with E-state index < -0.39 is 5.97 Å². The summed E-state index contributed by atoms with van der Waals surface area (Å²) in [6.07, 6.45) is 2.84. The van der Waals surface area contributed by atoms with Crippen LogP contribution in [0.4, 0.5) is 0 Å². The quantitative estimate of drug-likeness (QED) is 0.534. The SMILES string of the molecule is COC(=O)C=Cc1cc(=O)nc2sc3ccccc3n12. The van der Waals surface area contributed by atoms with E-state index in [4.69, 9.17) is 0 Å². The molecule has 0 aliphatic carbocycles. The third-order valence-corrected chi connectivity index (χ3v) is 3.85. The van der Waals surface area contributed by atoms with Gasteiger partial charge in [-0.1, -0.05) is 23.5 Å². The third kappa shape index (κ3) is 2.10. The predicted octanol–water partition coefficient (Wildman–Crippen LogP) is 2.10. The molecule has 0 saturated heterocycles. The fourth-order valence-electron chi connectivity index (χ4n) is 1.96. The molecule has 3 aromatic rings. The van der Waals surface area contributed by atoms with E-state index >= 15 is 0 Å². The number of carbonyl (C=O) groups excluding carboxylic acids is 1. The average molecular weight is 286 g/mol. The van der Waals surface area contributed by atoms with Gasteiger partial charge < -0.3 is 4.74 Å². The summed E-state index contributed by atoms with van der Waals surface area (Å²) in [6, 6.07) is 9.15. The lowest BCUT2D eigenvalue weighted by atomic mass is 10.3. The molecule has 0 bridgehead atoms. The number of rotatable bonds is 2. The molecule has 0 aliphatic heterocycles. The maximum atomic E-state index is 11.6. The Kier molecular flexibility index (Phi) is 3.08. The molecule has 5 nitrogen and oxygen atoms in total. The highest BCUT2D eigenvalue weighted by Crippen LogP contribution is 2.25. The molecule has 0 aliphatic rings. The first-order chi connectivity index (χ1) is 9.69. The molecular formula is C14H10N2O3S. The lowest BCUT2D eigenvalue weighted by Crippen LogP contribution is -2.08. The number of methoxy groups -OCH3 is 1. The lowest BCUT2D eigenvalue weighted by Gasteiger charge is -2.00. The normalized spacial score (nSPS) is 11.4. The zero-order valence-electron chi connectivity index (χ0n) is 10.6. The minimum absolute atomic E-state index is 0.332. The number of para-hydroxylation sites is 1. The van der Waals surface area contributed by atoms with E-state index in [1.54, 1.807) is 6.08 Å². The smallest absolute Gasteiger partial charge is 0.330 e. The highest BCUT2D eigenvalue weighted by molar-refractivity contribution is 7.23. The number of nitrogens with zero attached hydrogens (tertiary/aromatic N) is 2. The number of aromatic nitrogens is 2. The van der Waals surface area contributed by atoms with Gasteiger partial charge in [-0.05, 0) is 18.2 Å². The molecule has 0 spiro atoms. The van der Waals surface area contributed by atoms with Crippen molar-refractivity contribution in [3.05, 3.63) is 52.5 Å². The van der Waals surface area contributed by atoms with Gasteiger partial charge in [0, 0.05) is 12.1 Å². The van der Waals surface area contributed by atoms with Crippen LogP contribution in [-0.4, -0.2) is 22.5 Å². The number of thiazole rings is 1. The number of benzene rings is 1. The van der Waals surface area contributed by atoms with Gasteiger partial charge in [-0.2, -0.15) is 4.98 Å². The number of carbonyl (C=O) groups is 1. The Morgan fingerprint density at radius 3 is 3.00 bits per heavy atom. The van der Waals surface area contributed by atoms with Crippen molar-refractivity contribution in [3.63, 3.8) is 0 Å². The predicted molar refractivity (Wildman–Crippen MR) is 77.9 cm³/mol. The molecule has 0 amide bonds. The van der Waals surface area contributed by atoms with E-state index in [2.05, 4.69) is 9.72 Å². The second-order valence-electron chi connectivity index (χ2n) is 4.06. The Labute approximate surface area is 117 Å². The second kappa shape index (κ2) is 4.90. The summed E-state index contributed by atoms with van der Waals surface area (Å²) in [5.74, 6) is -0.470. The van der Waals surface area contributed by atoms with Crippen LogP contribution in [-0.2, 0) is 9.53 Å². The van der Waals surface area contributed by atoms with Crippen LogP contribution in [0, 0.1) is 0 Å². The van der Waals surface area contributed by atoms with Gasteiger partial charge in [-0.15, -0.1) is 0 Å². The highest BCUT2D eigenvalue weighted by atomic mass is 32.1. The number of hydrogen-bond acceptors (Lipinski definition) is 5. The number of hydrogen-bond donors (Lipinski definition) is 0. The molecule has 0 unspecified atom stereocenters. The van der Waals surface area contributed by atoms with Crippen molar-refractivity contribution >= 4 is 38.6 Å². The van der Waals surface area contributed by atoms with Crippen LogP contribution in [0.3, 0.4) is 0 Å². The Hall–Kier alpha value is -2.47. The van der Waals surface area contributed by atoms with E-state index in [0.717, 1.165) is 10.2 Å². The monoisotopic (exact) mass is 286 g/mol. The summed E-state index contributed by atoms with van der Waals surface area (Å²) in [6.45, 7) is 0. The molecule has 0 saturated carbocycles. The van der Waals surface area contributed by atoms with Crippen LogP contribution >= 0.6 is 11.3 Å². The number of fused-ring (bicyclic) bond motifs is 3. The van der Waals surface area contributed by atoms with E-state index in [0.29, 0.717) is 10.7 Å². The average Bonchev–Trinajstić information content (AvgIpc) is 2.82. The van der Waals surface area contributed by atoms with E-state index in [-0.39, 0.29) is 5.56 Å². The van der Waals surface area contributed by atoms with E-state index in [1.807, 2.05) is 28.7 Å². The Bertz CT molecular complexity index is 892. The molecular weight excluding hydrogens is 276 g/mol. The molecule has 3 rings (SSSR count). The van der Waals surface area contributed by atoms with Gasteiger partial charge in [0.05, 0.1) is 23.0 Å². The van der Waals surface area contributed by atoms with Crippen LogP contribution in [0.15, 0.2) is 41.2 Å². The van der Waals surface area contributed by atoms with Crippen LogP contribution in [0.1, 0.15) is 5.69 Å². The Morgan fingerprint density at radius 2 is 2.20 bits per heavy atom. The molecule has 0 N–H and O–H groups in total. The van der Waals surface area contributed by atoms with Gasteiger partial charge in [0.2, 0.25) is 0 Å². The van der Waals surface area contributed by atoms with Crippen molar-refractivity contribution in [1.82, 2.24) is 9.38 Å². The van der Waals surface area contributed by atoms with Crippen molar-refractivity contribution in [2.24, 2.45) is 0 Å². The van der Waals surface area contributed by atoms with Gasteiger partial charge in [0.25, 0.3) is 5.56 Å². The van der Waals surface area contributed by atoms with Gasteiger partial charge in [0.1, 0.15) is 0 Å². The van der Waals surface area contributed by atoms with Crippen molar-refractivity contribution in [2.45, 2.75) is 0 Å². The lowest BCUT2D eigenvalue weighted by molar-refractivity contribution is -0.134. The van der Waals surface area contributed by atoms with Crippen LogP contribution in [0.2, 0.25) is 0 Å². The van der Waals surface area contributed by atoms with Crippen molar-refractivity contribution in [1.29, 1.82) is 0 Å². The summed E-state index contributed by atoms with van der Waals surface area (Å²) in [7, 11) is 1.31. The Balaban J connectivity index is 2.32.